The Labute approximate surface area is 152 Å². The first-order valence-electron chi connectivity index (χ1n) is 8.90. The van der Waals surface area contributed by atoms with E-state index in [1.807, 2.05) is 12.3 Å². The van der Waals surface area contributed by atoms with E-state index in [1.54, 1.807) is 12.1 Å². The number of amides is 1. The third-order valence-corrected chi connectivity index (χ3v) is 4.71. The van der Waals surface area contributed by atoms with Gasteiger partial charge in [0.05, 0.1) is 18.0 Å². The molecular weight excluding hydrogens is 328 g/mol. The quantitative estimate of drug-likeness (QED) is 0.742. The molecule has 0 saturated carbocycles. The van der Waals surface area contributed by atoms with Crippen LogP contribution in [0.1, 0.15) is 34.3 Å². The molecule has 6 heteroatoms. The summed E-state index contributed by atoms with van der Waals surface area (Å²) in [7, 11) is 0. The van der Waals surface area contributed by atoms with E-state index in [0.717, 1.165) is 26.1 Å². The molecule has 0 saturated heterocycles. The predicted molar refractivity (Wildman–Crippen MR) is 97.5 cm³/mol. The first kappa shape index (κ1) is 16.6. The molecule has 26 heavy (non-hydrogen) atoms. The largest absolute Gasteiger partial charge is 0.459 e. The van der Waals surface area contributed by atoms with Crippen molar-refractivity contribution in [3.8, 4) is 0 Å². The summed E-state index contributed by atoms with van der Waals surface area (Å²) in [5, 5.41) is 7.41. The van der Waals surface area contributed by atoms with Gasteiger partial charge in [-0.05, 0) is 30.2 Å². The Bertz CT molecular complexity index is 842. The molecule has 0 spiro atoms. The summed E-state index contributed by atoms with van der Waals surface area (Å²) < 4.78 is 7.23. The molecule has 1 unspecified atom stereocenters. The van der Waals surface area contributed by atoms with Crippen LogP contribution in [0, 0.1) is 0 Å². The van der Waals surface area contributed by atoms with E-state index >= 15 is 0 Å². The van der Waals surface area contributed by atoms with Crippen LogP contribution in [0.25, 0.3) is 0 Å². The van der Waals surface area contributed by atoms with Crippen LogP contribution >= 0.6 is 0 Å². The van der Waals surface area contributed by atoms with Crippen molar-refractivity contribution in [2.24, 2.45) is 0 Å². The lowest BCUT2D eigenvalue weighted by atomic mass is 10.1. The Morgan fingerprint density at radius 3 is 2.88 bits per heavy atom. The maximum atomic E-state index is 12.0. The van der Waals surface area contributed by atoms with E-state index < -0.39 is 0 Å². The van der Waals surface area contributed by atoms with Crippen LogP contribution < -0.4 is 5.32 Å². The lowest BCUT2D eigenvalue weighted by molar-refractivity contribution is 0.0919. The Morgan fingerprint density at radius 2 is 2.08 bits per heavy atom. The molecule has 0 bridgehead atoms. The summed E-state index contributed by atoms with van der Waals surface area (Å²) in [6, 6.07) is 16.2. The van der Waals surface area contributed by atoms with Crippen molar-refractivity contribution >= 4 is 5.91 Å². The second-order valence-electron chi connectivity index (χ2n) is 6.60. The van der Waals surface area contributed by atoms with E-state index in [4.69, 9.17) is 4.42 Å². The zero-order valence-electron chi connectivity index (χ0n) is 14.5. The van der Waals surface area contributed by atoms with Crippen LogP contribution in [0.4, 0.5) is 0 Å². The molecule has 134 valence electrons. The van der Waals surface area contributed by atoms with Gasteiger partial charge in [-0.15, -0.1) is 0 Å². The summed E-state index contributed by atoms with van der Waals surface area (Å²) in [6.45, 7) is 3.31. The van der Waals surface area contributed by atoms with Crippen molar-refractivity contribution in [3.05, 3.63) is 78.0 Å². The third kappa shape index (κ3) is 3.70. The fraction of sp³-hybridized carbons (Fsp3) is 0.300. The van der Waals surface area contributed by atoms with Crippen LogP contribution in [0.5, 0.6) is 0 Å². The van der Waals surface area contributed by atoms with Crippen molar-refractivity contribution in [2.75, 3.05) is 13.1 Å². The number of carbonyl (C=O) groups is 1. The van der Waals surface area contributed by atoms with Crippen molar-refractivity contribution < 1.29 is 9.21 Å². The Morgan fingerprint density at radius 1 is 1.19 bits per heavy atom. The number of hydrogen-bond acceptors (Lipinski definition) is 4. The van der Waals surface area contributed by atoms with E-state index in [9.17, 15) is 4.79 Å². The molecule has 2 aromatic heterocycles. The highest BCUT2D eigenvalue weighted by Crippen LogP contribution is 2.24. The van der Waals surface area contributed by atoms with Gasteiger partial charge in [-0.1, -0.05) is 30.3 Å². The Kier molecular flexibility index (Phi) is 4.84. The number of carbonyl (C=O) groups excluding carboxylic acids is 1. The van der Waals surface area contributed by atoms with E-state index in [2.05, 4.69) is 50.3 Å². The SMILES string of the molecule is O=C(NCCC1CN(Cc2ccccc2)Cc2ccnn21)c1ccco1. The zero-order valence-corrected chi connectivity index (χ0v) is 14.5. The van der Waals surface area contributed by atoms with Gasteiger partial charge >= 0.3 is 0 Å². The van der Waals surface area contributed by atoms with E-state index in [1.165, 1.54) is 17.5 Å². The molecule has 1 amide bonds. The maximum absolute atomic E-state index is 12.0. The lowest BCUT2D eigenvalue weighted by Crippen LogP contribution is -2.38. The summed E-state index contributed by atoms with van der Waals surface area (Å²) in [6.07, 6.45) is 4.19. The van der Waals surface area contributed by atoms with Crippen LogP contribution in [-0.2, 0) is 13.1 Å². The highest BCUT2D eigenvalue weighted by atomic mass is 16.3. The number of aromatic nitrogens is 2. The molecule has 1 aliphatic heterocycles. The molecule has 0 radical (unpaired) electrons. The minimum atomic E-state index is -0.173. The van der Waals surface area contributed by atoms with Crippen molar-refractivity contribution in [2.45, 2.75) is 25.6 Å². The van der Waals surface area contributed by atoms with Gasteiger partial charge in [0, 0.05) is 32.4 Å². The minimum absolute atomic E-state index is 0.173. The van der Waals surface area contributed by atoms with Gasteiger partial charge in [-0.3, -0.25) is 14.4 Å². The molecule has 4 rings (SSSR count). The second-order valence-corrected chi connectivity index (χ2v) is 6.60. The number of fused-ring (bicyclic) bond motifs is 1. The van der Waals surface area contributed by atoms with Crippen LogP contribution in [-0.4, -0.2) is 33.7 Å². The molecule has 6 nitrogen and oxygen atoms in total. The Hall–Kier alpha value is -2.86. The van der Waals surface area contributed by atoms with Crippen molar-refractivity contribution in [1.82, 2.24) is 20.0 Å². The van der Waals surface area contributed by atoms with E-state index in [-0.39, 0.29) is 11.9 Å². The smallest absolute Gasteiger partial charge is 0.286 e. The number of rotatable bonds is 6. The van der Waals surface area contributed by atoms with Gasteiger partial charge in [-0.25, -0.2) is 0 Å². The van der Waals surface area contributed by atoms with E-state index in [0.29, 0.717) is 12.3 Å². The molecule has 1 aliphatic rings. The monoisotopic (exact) mass is 350 g/mol. The molecule has 3 heterocycles. The normalized spacial score (nSPS) is 17.0. The molecule has 0 fully saturated rings. The van der Waals surface area contributed by atoms with Crippen LogP contribution in [0.2, 0.25) is 0 Å². The first-order valence-corrected chi connectivity index (χ1v) is 8.90. The van der Waals surface area contributed by atoms with Gasteiger partial charge < -0.3 is 9.73 Å². The molecular formula is C20H22N4O2. The molecule has 1 aromatic carbocycles. The molecule has 0 aliphatic carbocycles. The number of hydrogen-bond donors (Lipinski definition) is 1. The maximum Gasteiger partial charge on any atom is 0.286 e. The van der Waals surface area contributed by atoms with Gasteiger partial charge in [-0.2, -0.15) is 5.10 Å². The van der Waals surface area contributed by atoms with Gasteiger partial charge in [0.15, 0.2) is 5.76 Å². The van der Waals surface area contributed by atoms with Gasteiger partial charge in [0.1, 0.15) is 0 Å². The van der Waals surface area contributed by atoms with Gasteiger partial charge in [0.25, 0.3) is 5.91 Å². The minimum Gasteiger partial charge on any atom is -0.459 e. The van der Waals surface area contributed by atoms with Crippen molar-refractivity contribution in [1.29, 1.82) is 0 Å². The Balaban J connectivity index is 1.38. The fourth-order valence-electron chi connectivity index (χ4n) is 3.49. The fourth-order valence-corrected chi connectivity index (χ4v) is 3.49. The molecule has 1 atom stereocenters. The van der Waals surface area contributed by atoms with Crippen LogP contribution in [0.15, 0.2) is 65.4 Å². The third-order valence-electron chi connectivity index (χ3n) is 4.71. The summed E-state index contributed by atoms with van der Waals surface area (Å²) in [5.74, 6) is 0.173. The molecule has 3 aromatic rings. The number of benzene rings is 1. The van der Waals surface area contributed by atoms with Gasteiger partial charge in [0.2, 0.25) is 0 Å². The topological polar surface area (TPSA) is 63.3 Å². The second kappa shape index (κ2) is 7.58. The van der Waals surface area contributed by atoms with Crippen LogP contribution in [0.3, 0.4) is 0 Å². The highest BCUT2D eigenvalue weighted by molar-refractivity contribution is 5.91. The average Bonchev–Trinajstić information content (AvgIpc) is 3.34. The molecule has 1 N–H and O–H groups in total. The average molecular weight is 350 g/mol. The summed E-state index contributed by atoms with van der Waals surface area (Å²) in [4.78, 5) is 14.4. The predicted octanol–water partition coefficient (Wildman–Crippen LogP) is 2.85. The number of nitrogens with one attached hydrogen (secondary N) is 1. The van der Waals surface area contributed by atoms with Crippen molar-refractivity contribution in [3.63, 3.8) is 0 Å². The number of nitrogens with zero attached hydrogens (tertiary/aromatic N) is 3. The number of furan rings is 1. The highest BCUT2D eigenvalue weighted by Gasteiger charge is 2.25. The standard InChI is InChI=1S/C20H22N4O2/c25-20(19-7-4-12-26-19)21-10-8-17-14-23(13-16-5-2-1-3-6-16)15-18-9-11-22-24(17)18/h1-7,9,11-12,17H,8,10,13-15H2,(H,21,25). The summed E-state index contributed by atoms with van der Waals surface area (Å²) >= 11 is 0. The lowest BCUT2D eigenvalue weighted by Gasteiger charge is -2.34. The zero-order chi connectivity index (χ0) is 17.8. The summed E-state index contributed by atoms with van der Waals surface area (Å²) in [5.41, 5.74) is 2.53. The first-order chi connectivity index (χ1) is 12.8.